The molecule has 0 atom stereocenters. The van der Waals surface area contributed by atoms with Crippen LogP contribution in [0.2, 0.25) is 0 Å². The minimum absolute atomic E-state index is 0.985. The number of fused-ring (bicyclic) bond motifs is 1. The molecule has 0 N–H and O–H groups in total. The molecule has 0 fully saturated rings. The van der Waals surface area contributed by atoms with E-state index in [0.29, 0.717) is 0 Å². The molecule has 0 saturated heterocycles. The quantitative estimate of drug-likeness (QED) is 0.281. The van der Waals surface area contributed by atoms with Crippen LogP contribution >= 0.6 is 7.81 Å². The first-order chi connectivity index (χ1) is 10.9. The molecule has 0 radical (unpaired) electrons. The van der Waals surface area contributed by atoms with Crippen molar-refractivity contribution in [3.63, 3.8) is 0 Å². The fraction of sp³-hybridized carbons (Fsp3) is 0.0625. The van der Waals surface area contributed by atoms with Crippen LogP contribution in [0, 0.1) is 0 Å². The van der Waals surface area contributed by atoms with E-state index >= 15 is 0 Å². The third kappa shape index (κ3) is 7.92. The van der Waals surface area contributed by atoms with E-state index in [2.05, 4.69) is 77.5 Å². The summed E-state index contributed by atoms with van der Waals surface area (Å²) in [4.78, 5) is 0. The third-order valence-corrected chi connectivity index (χ3v) is 2.95. The second-order valence-electron chi connectivity index (χ2n) is 5.19. The number of aromatic nitrogens is 1. The molecule has 2 heterocycles. The van der Waals surface area contributed by atoms with Crippen LogP contribution in [-0.4, -0.2) is 0 Å². The van der Waals surface area contributed by atoms with Crippen LogP contribution in [-0.2, 0) is 6.42 Å². The first-order valence-electron chi connectivity index (χ1n) is 6.86. The third-order valence-electron chi connectivity index (χ3n) is 2.95. The molecule has 0 aliphatic carbocycles. The Hall–Kier alpha value is -2.14. The molecule has 0 amide bonds. The molecule has 3 rings (SSSR count). The number of pyridine rings is 2. The maximum absolute atomic E-state index is 10.7. The summed E-state index contributed by atoms with van der Waals surface area (Å²) in [6.45, 7) is 0. The zero-order valence-corrected chi connectivity index (χ0v) is 13.2. The van der Waals surface area contributed by atoms with Crippen LogP contribution in [0.3, 0.4) is 0 Å². The van der Waals surface area contributed by atoms with Crippen LogP contribution in [0.5, 0.6) is 0 Å². The molecule has 1 nitrogen and oxygen atoms in total. The zero-order valence-electron chi connectivity index (χ0n) is 12.3. The van der Waals surface area contributed by atoms with Crippen LogP contribution < -0.4 is 4.40 Å². The van der Waals surface area contributed by atoms with Gasteiger partial charge in [0.2, 0.25) is 5.52 Å². The second-order valence-corrected chi connectivity index (χ2v) is 7.11. The van der Waals surface area contributed by atoms with Gasteiger partial charge in [-0.1, -0.05) is 30.3 Å². The van der Waals surface area contributed by atoms with Crippen molar-refractivity contribution in [2.45, 2.75) is 6.42 Å². The number of rotatable bonds is 2. The van der Waals surface area contributed by atoms with Crippen molar-refractivity contribution in [3.8, 4) is 0 Å². The molecule has 3 aromatic rings. The van der Waals surface area contributed by atoms with Crippen LogP contribution in [0.4, 0.5) is 25.2 Å². The van der Waals surface area contributed by atoms with Crippen molar-refractivity contribution in [2.75, 3.05) is 0 Å². The maximum Gasteiger partial charge on any atom is 0.210 e. The average Bonchev–Trinajstić information content (AvgIpc) is 2.45. The summed E-state index contributed by atoms with van der Waals surface area (Å²) in [5.74, 6) is 0. The van der Waals surface area contributed by atoms with Crippen molar-refractivity contribution in [2.24, 2.45) is 0 Å². The van der Waals surface area contributed by atoms with Gasteiger partial charge in [-0.2, -0.15) is 4.40 Å². The normalized spacial score (nSPS) is 14.2. The fourth-order valence-electron chi connectivity index (χ4n) is 2.08. The van der Waals surface area contributed by atoms with Gasteiger partial charge in [0.1, 0.15) is 0 Å². The zero-order chi connectivity index (χ0) is 17.9. The summed E-state index contributed by atoms with van der Waals surface area (Å²) < 4.78 is 61.4. The summed E-state index contributed by atoms with van der Waals surface area (Å²) in [5.41, 5.74) is 3.91. The largest absolute Gasteiger partial charge is 0.210 e. The minimum Gasteiger partial charge on any atom is -0.167 e. The van der Waals surface area contributed by atoms with Gasteiger partial charge in [0, 0.05) is 30.2 Å². The predicted octanol–water partition coefficient (Wildman–Crippen LogP) is 6.40. The Morgan fingerprint density at radius 3 is 1.88 bits per heavy atom. The Bertz CT molecular complexity index is 820. The van der Waals surface area contributed by atoms with E-state index in [1.54, 1.807) is 0 Å². The van der Waals surface area contributed by atoms with Gasteiger partial charge in [-0.3, -0.25) is 0 Å². The van der Waals surface area contributed by atoms with E-state index in [9.17, 15) is 25.2 Å². The Morgan fingerprint density at radius 1 is 0.667 bits per heavy atom. The molecule has 24 heavy (non-hydrogen) atoms. The van der Waals surface area contributed by atoms with Crippen molar-refractivity contribution >= 4 is 13.3 Å². The van der Waals surface area contributed by atoms with Crippen LogP contribution in [0.1, 0.15) is 11.1 Å². The molecule has 0 aliphatic heterocycles. The van der Waals surface area contributed by atoms with Gasteiger partial charge in [0.15, 0.2) is 12.4 Å². The summed E-state index contributed by atoms with van der Waals surface area (Å²) in [7, 11) is -10.7. The average molecular weight is 365 g/mol. The number of hydrogen-bond donors (Lipinski definition) is 0. The van der Waals surface area contributed by atoms with E-state index in [1.165, 1.54) is 16.6 Å². The van der Waals surface area contributed by atoms with Gasteiger partial charge in [0.05, 0.1) is 0 Å². The fourth-order valence-corrected chi connectivity index (χ4v) is 2.08. The molecule has 130 valence electrons. The van der Waals surface area contributed by atoms with E-state index in [1.807, 2.05) is 0 Å². The van der Waals surface area contributed by atoms with Crippen molar-refractivity contribution in [3.05, 3.63) is 84.2 Å². The Labute approximate surface area is 134 Å². The van der Waals surface area contributed by atoms with Gasteiger partial charge in [-0.15, -0.1) is 0 Å². The van der Waals surface area contributed by atoms with E-state index in [-0.39, 0.29) is 0 Å². The molecule has 0 bridgehead atoms. The Kier molecular flexibility index (Phi) is 4.35. The summed E-state index contributed by atoms with van der Waals surface area (Å²) in [6, 6.07) is 21.2. The molecule has 0 spiro atoms. The Balaban J connectivity index is 0.000000256. The second kappa shape index (κ2) is 5.74. The Morgan fingerprint density at radius 2 is 1.25 bits per heavy atom. The topological polar surface area (TPSA) is 4.10 Å². The first kappa shape index (κ1) is 18.2. The van der Waals surface area contributed by atoms with Gasteiger partial charge < -0.3 is 0 Å². The monoisotopic (exact) mass is 365 g/mol. The number of hydrogen-bond acceptors (Lipinski definition) is 0. The van der Waals surface area contributed by atoms with Crippen molar-refractivity contribution in [1.82, 2.24) is 0 Å². The first-order valence-corrected chi connectivity index (χ1v) is 8.89. The van der Waals surface area contributed by atoms with Crippen LogP contribution in [0.25, 0.3) is 5.52 Å². The SMILES string of the molecule is F[P-](F)(F)(F)(F)F.c1ccc(Cc2ccc3cccc[n+]3c2)cc1. The van der Waals surface area contributed by atoms with Crippen molar-refractivity contribution in [1.29, 1.82) is 0 Å². The number of benzene rings is 1. The molecular formula is C16H14F6NP. The predicted molar refractivity (Wildman–Crippen MR) is 82.4 cm³/mol. The van der Waals surface area contributed by atoms with E-state index in [0.717, 1.165) is 6.42 Å². The number of nitrogens with zero attached hydrogens (tertiary/aromatic N) is 1. The van der Waals surface area contributed by atoms with Gasteiger partial charge >= 0.3 is 33.0 Å². The summed E-state index contributed by atoms with van der Waals surface area (Å²) in [6.07, 6.45) is 5.27. The number of halogens is 6. The van der Waals surface area contributed by atoms with Gasteiger partial charge in [-0.25, -0.2) is 0 Å². The van der Waals surface area contributed by atoms with E-state index in [4.69, 9.17) is 0 Å². The molecule has 2 aromatic heterocycles. The minimum atomic E-state index is -10.7. The van der Waals surface area contributed by atoms with Gasteiger partial charge in [-0.05, 0) is 17.7 Å². The van der Waals surface area contributed by atoms with Gasteiger partial charge in [0.25, 0.3) is 0 Å². The van der Waals surface area contributed by atoms with Crippen LogP contribution in [0.15, 0.2) is 73.1 Å². The summed E-state index contributed by atoms with van der Waals surface area (Å²) >= 11 is 0. The maximum atomic E-state index is 9.87. The molecule has 1 aromatic carbocycles. The molecule has 0 unspecified atom stereocenters. The molecular weight excluding hydrogens is 351 g/mol. The van der Waals surface area contributed by atoms with E-state index < -0.39 is 7.81 Å². The molecule has 0 saturated carbocycles. The molecule has 8 heteroatoms. The smallest absolute Gasteiger partial charge is 0.167 e. The summed E-state index contributed by atoms with van der Waals surface area (Å²) in [5, 5.41) is 0. The van der Waals surface area contributed by atoms with Crippen molar-refractivity contribution < 1.29 is 29.6 Å². The standard InChI is InChI=1S/C16H14N.F6P/c1-2-6-14(7-3-1)12-15-9-10-16-8-4-5-11-17(16)13-15;1-7(2,3,4,5)6/h1-11,13H,12H2;/q+1;-1. The molecule has 0 aliphatic rings.